The van der Waals surface area contributed by atoms with Crippen LogP contribution in [0.5, 0.6) is 0 Å². The molecule has 7 rings (SSSR count). The summed E-state index contributed by atoms with van der Waals surface area (Å²) in [7, 11) is 0. The fraction of sp³-hybridized carbons (Fsp3) is 0. The number of hydrogen-bond acceptors (Lipinski definition) is 3. The highest BCUT2D eigenvalue weighted by molar-refractivity contribution is 6.04. The molecule has 0 N–H and O–H groups in total. The molecule has 0 amide bonds. The summed E-state index contributed by atoms with van der Waals surface area (Å²) >= 11 is 0. The second-order valence-electron chi connectivity index (χ2n) is 9.69. The van der Waals surface area contributed by atoms with Crippen LogP contribution in [0.2, 0.25) is 0 Å². The van der Waals surface area contributed by atoms with Gasteiger partial charge in [-0.25, -0.2) is 15.0 Å². The molecule has 0 unspecified atom stereocenters. The van der Waals surface area contributed by atoms with Crippen molar-refractivity contribution in [2.75, 3.05) is 0 Å². The van der Waals surface area contributed by atoms with Gasteiger partial charge in [0, 0.05) is 16.7 Å². The summed E-state index contributed by atoms with van der Waals surface area (Å²) in [6, 6.07) is 52.2. The van der Waals surface area contributed by atoms with E-state index in [9.17, 15) is 0 Å². The fourth-order valence-corrected chi connectivity index (χ4v) is 5.15. The van der Waals surface area contributed by atoms with Crippen LogP contribution in [0.3, 0.4) is 0 Å². The van der Waals surface area contributed by atoms with Crippen LogP contribution in [0, 0.1) is 0 Å². The summed E-state index contributed by atoms with van der Waals surface area (Å²) in [5.74, 6) is 1.97. The SMILES string of the molecule is c1ccc(-c2ccc(-c3nc(-c4ccccc4)nc(-c4ccc(-c5ccccc5)c5ccccc45)n3)cc2)cc1. The molecular weight excluding hydrogens is 486 g/mol. The van der Waals surface area contributed by atoms with Gasteiger partial charge < -0.3 is 0 Å². The molecule has 3 nitrogen and oxygen atoms in total. The highest BCUT2D eigenvalue weighted by Crippen LogP contribution is 2.35. The Bertz CT molecular complexity index is 1920. The number of fused-ring (bicyclic) bond motifs is 1. The predicted octanol–water partition coefficient (Wildman–Crippen LogP) is 9.36. The van der Waals surface area contributed by atoms with Crippen LogP contribution in [0.15, 0.2) is 152 Å². The van der Waals surface area contributed by atoms with E-state index in [-0.39, 0.29) is 0 Å². The van der Waals surface area contributed by atoms with Gasteiger partial charge in [-0.2, -0.15) is 0 Å². The van der Waals surface area contributed by atoms with Crippen LogP contribution < -0.4 is 0 Å². The van der Waals surface area contributed by atoms with Crippen LogP contribution in [-0.4, -0.2) is 15.0 Å². The molecule has 3 heteroatoms. The zero-order valence-electron chi connectivity index (χ0n) is 21.8. The van der Waals surface area contributed by atoms with Crippen molar-refractivity contribution < 1.29 is 0 Å². The van der Waals surface area contributed by atoms with Crippen molar-refractivity contribution in [3.05, 3.63) is 152 Å². The molecule has 0 spiro atoms. The van der Waals surface area contributed by atoms with Crippen LogP contribution >= 0.6 is 0 Å². The third kappa shape index (κ3) is 4.55. The molecule has 0 aliphatic rings. The van der Waals surface area contributed by atoms with Crippen molar-refractivity contribution in [3.8, 4) is 56.4 Å². The first-order valence-electron chi connectivity index (χ1n) is 13.4. The lowest BCUT2D eigenvalue weighted by molar-refractivity contribution is 1.08. The van der Waals surface area contributed by atoms with E-state index >= 15 is 0 Å². The van der Waals surface area contributed by atoms with E-state index < -0.39 is 0 Å². The second-order valence-corrected chi connectivity index (χ2v) is 9.69. The minimum Gasteiger partial charge on any atom is -0.208 e. The molecule has 0 radical (unpaired) electrons. The van der Waals surface area contributed by atoms with Crippen molar-refractivity contribution in [1.29, 1.82) is 0 Å². The first-order chi connectivity index (χ1) is 19.8. The minimum atomic E-state index is 0.652. The van der Waals surface area contributed by atoms with Gasteiger partial charge >= 0.3 is 0 Å². The number of aromatic nitrogens is 3. The van der Waals surface area contributed by atoms with Gasteiger partial charge in [-0.1, -0.05) is 146 Å². The Labute approximate surface area is 233 Å². The van der Waals surface area contributed by atoms with Gasteiger partial charge in [0.1, 0.15) is 0 Å². The maximum Gasteiger partial charge on any atom is 0.164 e. The Morgan fingerprint density at radius 3 is 1.23 bits per heavy atom. The Kier molecular flexibility index (Phi) is 6.15. The van der Waals surface area contributed by atoms with E-state index in [1.807, 2.05) is 42.5 Å². The quantitative estimate of drug-likeness (QED) is 0.231. The van der Waals surface area contributed by atoms with Gasteiger partial charge in [0.2, 0.25) is 0 Å². The summed E-state index contributed by atoms with van der Waals surface area (Å²) in [4.78, 5) is 15.0. The first-order valence-corrected chi connectivity index (χ1v) is 13.4. The number of rotatable bonds is 5. The number of benzene rings is 6. The molecule has 40 heavy (non-hydrogen) atoms. The lowest BCUT2D eigenvalue weighted by Crippen LogP contribution is -2.00. The molecule has 0 aliphatic heterocycles. The molecule has 6 aromatic carbocycles. The van der Waals surface area contributed by atoms with E-state index in [4.69, 9.17) is 15.0 Å². The van der Waals surface area contributed by atoms with E-state index in [0.29, 0.717) is 17.5 Å². The largest absolute Gasteiger partial charge is 0.208 e. The first kappa shape index (κ1) is 23.7. The molecule has 188 valence electrons. The van der Waals surface area contributed by atoms with Crippen molar-refractivity contribution in [2.45, 2.75) is 0 Å². The van der Waals surface area contributed by atoms with Crippen molar-refractivity contribution in [3.63, 3.8) is 0 Å². The van der Waals surface area contributed by atoms with Crippen molar-refractivity contribution >= 4 is 10.8 Å². The van der Waals surface area contributed by atoms with Crippen molar-refractivity contribution in [2.24, 2.45) is 0 Å². The van der Waals surface area contributed by atoms with Crippen LogP contribution in [0.1, 0.15) is 0 Å². The highest BCUT2D eigenvalue weighted by atomic mass is 15.0. The number of nitrogens with zero attached hydrogens (tertiary/aromatic N) is 3. The molecule has 0 atom stereocenters. The number of hydrogen-bond donors (Lipinski definition) is 0. The maximum absolute atomic E-state index is 5.03. The maximum atomic E-state index is 5.03. The summed E-state index contributed by atoms with van der Waals surface area (Å²) in [6.45, 7) is 0. The Balaban J connectivity index is 1.40. The summed E-state index contributed by atoms with van der Waals surface area (Å²) in [6.07, 6.45) is 0. The smallest absolute Gasteiger partial charge is 0.164 e. The molecule has 0 aliphatic carbocycles. The summed E-state index contributed by atoms with van der Waals surface area (Å²) in [5.41, 5.74) is 7.60. The third-order valence-electron chi connectivity index (χ3n) is 7.17. The van der Waals surface area contributed by atoms with Crippen LogP contribution in [-0.2, 0) is 0 Å². The summed E-state index contributed by atoms with van der Waals surface area (Å²) < 4.78 is 0. The monoisotopic (exact) mass is 511 g/mol. The Morgan fingerprint density at radius 2 is 0.625 bits per heavy atom. The van der Waals surface area contributed by atoms with Gasteiger partial charge in [-0.3, -0.25) is 0 Å². The van der Waals surface area contributed by atoms with Crippen LogP contribution in [0.25, 0.3) is 67.2 Å². The van der Waals surface area contributed by atoms with Gasteiger partial charge in [0.05, 0.1) is 0 Å². The Morgan fingerprint density at radius 1 is 0.250 bits per heavy atom. The average Bonchev–Trinajstić information content (AvgIpc) is 3.05. The topological polar surface area (TPSA) is 38.7 Å². The third-order valence-corrected chi connectivity index (χ3v) is 7.17. The van der Waals surface area contributed by atoms with E-state index in [1.165, 1.54) is 22.1 Å². The van der Waals surface area contributed by atoms with Gasteiger partial charge in [-0.05, 0) is 39.1 Å². The standard InChI is InChI=1S/C37H25N3/c1-4-12-26(13-5-1)27-20-22-30(23-21-27)36-38-35(29-16-8-3-9-17-29)39-37(40-36)34-25-24-31(28-14-6-2-7-15-28)32-18-10-11-19-33(32)34/h1-25H. The lowest BCUT2D eigenvalue weighted by Gasteiger charge is -2.13. The molecule has 7 aromatic rings. The zero-order valence-corrected chi connectivity index (χ0v) is 21.8. The lowest BCUT2D eigenvalue weighted by atomic mass is 9.94. The zero-order chi connectivity index (χ0) is 26.7. The predicted molar refractivity (Wildman–Crippen MR) is 165 cm³/mol. The minimum absolute atomic E-state index is 0.652. The molecular formula is C37H25N3. The van der Waals surface area contributed by atoms with E-state index in [0.717, 1.165) is 27.6 Å². The van der Waals surface area contributed by atoms with Gasteiger partial charge in [-0.15, -0.1) is 0 Å². The normalized spacial score (nSPS) is 11.0. The fourth-order valence-electron chi connectivity index (χ4n) is 5.15. The van der Waals surface area contributed by atoms with E-state index in [1.54, 1.807) is 0 Å². The molecule has 0 fully saturated rings. The molecule has 1 heterocycles. The van der Waals surface area contributed by atoms with Crippen molar-refractivity contribution in [1.82, 2.24) is 15.0 Å². The second kappa shape index (κ2) is 10.4. The molecule has 0 bridgehead atoms. The molecule has 0 saturated carbocycles. The molecule has 0 saturated heterocycles. The van der Waals surface area contributed by atoms with Gasteiger partial charge in [0.25, 0.3) is 0 Å². The van der Waals surface area contributed by atoms with Crippen LogP contribution in [0.4, 0.5) is 0 Å². The summed E-state index contributed by atoms with van der Waals surface area (Å²) in [5, 5.41) is 2.28. The van der Waals surface area contributed by atoms with E-state index in [2.05, 4.69) is 109 Å². The molecule has 1 aromatic heterocycles. The highest BCUT2D eigenvalue weighted by Gasteiger charge is 2.16. The van der Waals surface area contributed by atoms with Gasteiger partial charge in [0.15, 0.2) is 17.5 Å². The average molecular weight is 512 g/mol. The Hall–Kier alpha value is -5.41.